The van der Waals surface area contributed by atoms with E-state index in [0.717, 1.165) is 0 Å². The first-order valence-electron chi connectivity index (χ1n) is 3.55. The first-order valence-corrected chi connectivity index (χ1v) is 3.93. The summed E-state index contributed by atoms with van der Waals surface area (Å²) in [7, 11) is 0. The van der Waals surface area contributed by atoms with Crippen molar-refractivity contribution in [2.24, 2.45) is 0 Å². The lowest BCUT2D eigenvalue weighted by molar-refractivity contribution is 0.0692. The lowest BCUT2D eigenvalue weighted by Gasteiger charge is -1.90. The van der Waals surface area contributed by atoms with Gasteiger partial charge in [-0.1, -0.05) is 11.6 Å². The van der Waals surface area contributed by atoms with Crippen molar-refractivity contribution in [1.82, 2.24) is 10.2 Å². The molecule has 66 valence electrons. The Hall–Kier alpha value is -1.55. The van der Waals surface area contributed by atoms with Gasteiger partial charge in [-0.15, -0.1) is 0 Å². The van der Waals surface area contributed by atoms with E-state index >= 15 is 0 Å². The van der Waals surface area contributed by atoms with Crippen LogP contribution < -0.4 is 0 Å². The lowest BCUT2D eigenvalue weighted by Crippen LogP contribution is -1.96. The van der Waals surface area contributed by atoms with Gasteiger partial charge in [0.1, 0.15) is 0 Å². The molecule has 5 heteroatoms. The maximum atomic E-state index is 10.6. The number of aromatic nitrogens is 2. The minimum absolute atomic E-state index is 0.0201. The second-order valence-electron chi connectivity index (χ2n) is 2.57. The van der Waals surface area contributed by atoms with Crippen LogP contribution >= 0.6 is 11.6 Å². The summed E-state index contributed by atoms with van der Waals surface area (Å²) in [6.07, 6.45) is 0. The van der Waals surface area contributed by atoms with E-state index in [-0.39, 0.29) is 5.69 Å². The van der Waals surface area contributed by atoms with Crippen LogP contribution in [-0.2, 0) is 0 Å². The Morgan fingerprint density at radius 3 is 3.00 bits per heavy atom. The second-order valence-corrected chi connectivity index (χ2v) is 3.00. The minimum Gasteiger partial charge on any atom is -0.476 e. The molecule has 1 heterocycles. The van der Waals surface area contributed by atoms with Crippen molar-refractivity contribution in [1.29, 1.82) is 0 Å². The summed E-state index contributed by atoms with van der Waals surface area (Å²) in [4.78, 5) is 10.6. The summed E-state index contributed by atoms with van der Waals surface area (Å²) in [6, 6.07) is 4.90. The minimum atomic E-state index is -1.05. The normalized spacial score (nSPS) is 10.5. The molecular formula is C8H5ClN2O2. The first-order chi connectivity index (χ1) is 6.18. The molecule has 0 aliphatic rings. The molecule has 0 unspecified atom stereocenters. The van der Waals surface area contributed by atoms with Crippen LogP contribution in [0.2, 0.25) is 5.02 Å². The topological polar surface area (TPSA) is 66.0 Å². The van der Waals surface area contributed by atoms with Crippen molar-refractivity contribution in [3.63, 3.8) is 0 Å². The fraction of sp³-hybridized carbons (Fsp3) is 0. The van der Waals surface area contributed by atoms with Gasteiger partial charge < -0.3 is 5.11 Å². The molecule has 1 aromatic carbocycles. The van der Waals surface area contributed by atoms with Gasteiger partial charge in [-0.2, -0.15) is 5.10 Å². The Kier molecular flexibility index (Phi) is 1.70. The van der Waals surface area contributed by atoms with E-state index in [1.54, 1.807) is 18.2 Å². The largest absolute Gasteiger partial charge is 0.476 e. The van der Waals surface area contributed by atoms with Crippen LogP contribution in [0, 0.1) is 0 Å². The van der Waals surface area contributed by atoms with Crippen molar-refractivity contribution >= 4 is 28.5 Å². The molecule has 0 aliphatic carbocycles. The average molecular weight is 197 g/mol. The van der Waals surface area contributed by atoms with Crippen molar-refractivity contribution in [2.75, 3.05) is 0 Å². The number of benzene rings is 1. The molecule has 2 aromatic rings. The predicted molar refractivity (Wildman–Crippen MR) is 48.1 cm³/mol. The summed E-state index contributed by atoms with van der Waals surface area (Å²) in [5.41, 5.74) is 0.650. The summed E-state index contributed by atoms with van der Waals surface area (Å²) in [5, 5.41) is 16.1. The average Bonchev–Trinajstić information content (AvgIpc) is 2.46. The number of carboxylic acids is 1. The van der Waals surface area contributed by atoms with E-state index in [1.165, 1.54) is 0 Å². The molecule has 0 fully saturated rings. The Balaban J connectivity index is 2.76. The van der Waals surface area contributed by atoms with Gasteiger partial charge in [0.2, 0.25) is 0 Å². The zero-order valence-corrected chi connectivity index (χ0v) is 7.17. The zero-order valence-electron chi connectivity index (χ0n) is 6.41. The van der Waals surface area contributed by atoms with E-state index in [1.807, 2.05) is 0 Å². The maximum Gasteiger partial charge on any atom is 0.357 e. The summed E-state index contributed by atoms with van der Waals surface area (Å²) >= 11 is 5.71. The molecule has 0 saturated heterocycles. The van der Waals surface area contributed by atoms with Crippen molar-refractivity contribution in [3.8, 4) is 0 Å². The van der Waals surface area contributed by atoms with Gasteiger partial charge in [0, 0.05) is 10.4 Å². The molecule has 0 atom stereocenters. The molecule has 0 bridgehead atoms. The van der Waals surface area contributed by atoms with Gasteiger partial charge in [-0.05, 0) is 18.2 Å². The predicted octanol–water partition coefficient (Wildman–Crippen LogP) is 1.91. The Labute approximate surface area is 78.1 Å². The number of H-pyrrole nitrogens is 1. The highest BCUT2D eigenvalue weighted by Gasteiger charge is 2.11. The van der Waals surface area contributed by atoms with Gasteiger partial charge in [0.15, 0.2) is 5.69 Å². The fourth-order valence-corrected chi connectivity index (χ4v) is 1.33. The summed E-state index contributed by atoms with van der Waals surface area (Å²) < 4.78 is 0. The van der Waals surface area contributed by atoms with E-state index in [9.17, 15) is 4.79 Å². The molecule has 1 aromatic heterocycles. The standard InChI is InChI=1S/C8H5ClN2O2/c9-4-1-2-5-6(3-4)10-11-7(5)8(12)13/h1-3H,(H,10,11)(H,12,13). The Bertz CT molecular complexity index is 478. The number of halogens is 1. The molecule has 0 radical (unpaired) electrons. The molecule has 0 amide bonds. The van der Waals surface area contributed by atoms with Gasteiger partial charge in [0.05, 0.1) is 5.52 Å². The number of aromatic amines is 1. The fourth-order valence-electron chi connectivity index (χ4n) is 1.15. The molecule has 0 aliphatic heterocycles. The molecule has 2 rings (SSSR count). The van der Waals surface area contributed by atoms with E-state index < -0.39 is 5.97 Å². The number of carboxylic acid groups (broad SMARTS) is 1. The monoisotopic (exact) mass is 196 g/mol. The van der Waals surface area contributed by atoms with Crippen LogP contribution in [0.15, 0.2) is 18.2 Å². The van der Waals surface area contributed by atoms with Crippen molar-refractivity contribution < 1.29 is 9.90 Å². The quantitative estimate of drug-likeness (QED) is 0.732. The number of rotatable bonds is 1. The van der Waals surface area contributed by atoms with Gasteiger partial charge in [0.25, 0.3) is 0 Å². The Morgan fingerprint density at radius 2 is 2.31 bits per heavy atom. The number of hydrogen-bond acceptors (Lipinski definition) is 2. The third-order valence-corrected chi connectivity index (χ3v) is 1.96. The van der Waals surface area contributed by atoms with Gasteiger partial charge in [-0.3, -0.25) is 5.10 Å². The smallest absolute Gasteiger partial charge is 0.357 e. The highest BCUT2D eigenvalue weighted by molar-refractivity contribution is 6.31. The van der Waals surface area contributed by atoms with Crippen LogP contribution in [-0.4, -0.2) is 21.3 Å². The number of nitrogens with zero attached hydrogens (tertiary/aromatic N) is 1. The van der Waals surface area contributed by atoms with Crippen LogP contribution in [0.25, 0.3) is 10.9 Å². The van der Waals surface area contributed by atoms with Crippen LogP contribution in [0.4, 0.5) is 0 Å². The zero-order chi connectivity index (χ0) is 9.42. The first kappa shape index (κ1) is 8.07. The number of nitrogens with one attached hydrogen (secondary N) is 1. The van der Waals surface area contributed by atoms with E-state index in [4.69, 9.17) is 16.7 Å². The second kappa shape index (κ2) is 2.74. The number of fused-ring (bicyclic) bond motifs is 1. The van der Waals surface area contributed by atoms with Crippen molar-refractivity contribution in [3.05, 3.63) is 28.9 Å². The third-order valence-electron chi connectivity index (χ3n) is 1.73. The van der Waals surface area contributed by atoms with E-state index in [0.29, 0.717) is 15.9 Å². The highest BCUT2D eigenvalue weighted by atomic mass is 35.5. The lowest BCUT2D eigenvalue weighted by atomic mass is 10.2. The Morgan fingerprint density at radius 1 is 1.54 bits per heavy atom. The third kappa shape index (κ3) is 1.25. The van der Waals surface area contributed by atoms with Crippen LogP contribution in [0.1, 0.15) is 10.5 Å². The van der Waals surface area contributed by atoms with Crippen LogP contribution in [0.5, 0.6) is 0 Å². The number of aromatic carboxylic acids is 1. The molecule has 0 spiro atoms. The summed E-state index contributed by atoms with van der Waals surface area (Å²) in [5.74, 6) is -1.05. The number of hydrogen-bond donors (Lipinski definition) is 2. The number of carbonyl (C=O) groups is 1. The molecular weight excluding hydrogens is 192 g/mol. The SMILES string of the molecule is O=C(O)c1n[nH]c2cc(Cl)ccc12. The van der Waals surface area contributed by atoms with Gasteiger partial charge in [-0.25, -0.2) is 4.79 Å². The van der Waals surface area contributed by atoms with E-state index in [2.05, 4.69) is 10.2 Å². The summed E-state index contributed by atoms with van der Waals surface area (Å²) in [6.45, 7) is 0. The highest BCUT2D eigenvalue weighted by Crippen LogP contribution is 2.19. The molecule has 2 N–H and O–H groups in total. The molecule has 4 nitrogen and oxygen atoms in total. The molecule has 0 saturated carbocycles. The molecule has 13 heavy (non-hydrogen) atoms. The van der Waals surface area contributed by atoms with Crippen LogP contribution in [0.3, 0.4) is 0 Å². The maximum absolute atomic E-state index is 10.6. The van der Waals surface area contributed by atoms with Gasteiger partial charge >= 0.3 is 5.97 Å². The van der Waals surface area contributed by atoms with Crippen molar-refractivity contribution in [2.45, 2.75) is 0 Å².